The Labute approximate surface area is 104 Å². The summed E-state index contributed by atoms with van der Waals surface area (Å²) in [6.45, 7) is 6.11. The Bertz CT molecular complexity index is 470. The number of aromatic nitrogens is 2. The summed E-state index contributed by atoms with van der Waals surface area (Å²) in [5.41, 5.74) is 4.33. The Morgan fingerprint density at radius 2 is 2.25 bits per heavy atom. The number of anilines is 1. The SMILES string of the molecule is Cc1n[nH]c(C)c1NC(C)c1csc(Cl)c1. The van der Waals surface area contributed by atoms with Crippen molar-refractivity contribution in [3.8, 4) is 0 Å². The van der Waals surface area contributed by atoms with Gasteiger partial charge in [-0.1, -0.05) is 11.6 Å². The first kappa shape index (κ1) is 11.5. The molecule has 0 amide bonds. The highest BCUT2D eigenvalue weighted by Gasteiger charge is 2.12. The lowest BCUT2D eigenvalue weighted by Crippen LogP contribution is -2.06. The summed E-state index contributed by atoms with van der Waals surface area (Å²) in [5.74, 6) is 0. The molecule has 16 heavy (non-hydrogen) atoms. The molecule has 1 unspecified atom stereocenters. The summed E-state index contributed by atoms with van der Waals surface area (Å²) in [4.78, 5) is 0. The van der Waals surface area contributed by atoms with Gasteiger partial charge in [-0.2, -0.15) is 5.10 Å². The predicted molar refractivity (Wildman–Crippen MR) is 69.4 cm³/mol. The van der Waals surface area contributed by atoms with Crippen LogP contribution in [0.1, 0.15) is 29.9 Å². The van der Waals surface area contributed by atoms with Gasteiger partial charge in [0, 0.05) is 6.04 Å². The zero-order valence-corrected chi connectivity index (χ0v) is 11.0. The van der Waals surface area contributed by atoms with Gasteiger partial charge in [0.15, 0.2) is 0 Å². The van der Waals surface area contributed by atoms with Crippen LogP contribution in [0.15, 0.2) is 11.4 Å². The van der Waals surface area contributed by atoms with Crippen molar-refractivity contribution < 1.29 is 0 Å². The topological polar surface area (TPSA) is 40.7 Å². The Balaban J connectivity index is 2.16. The van der Waals surface area contributed by atoms with E-state index in [1.54, 1.807) is 11.3 Å². The molecule has 0 bridgehead atoms. The molecule has 0 radical (unpaired) electrons. The monoisotopic (exact) mass is 255 g/mol. The Morgan fingerprint density at radius 1 is 1.50 bits per heavy atom. The lowest BCUT2D eigenvalue weighted by atomic mass is 10.1. The van der Waals surface area contributed by atoms with Crippen molar-refractivity contribution in [3.63, 3.8) is 0 Å². The fourth-order valence-electron chi connectivity index (χ4n) is 1.61. The van der Waals surface area contributed by atoms with E-state index in [2.05, 4.69) is 27.8 Å². The molecule has 1 atom stereocenters. The Kier molecular flexibility index (Phi) is 3.21. The molecule has 0 aliphatic heterocycles. The first-order valence-corrected chi connectivity index (χ1v) is 6.35. The van der Waals surface area contributed by atoms with Crippen LogP contribution in [0.4, 0.5) is 5.69 Å². The van der Waals surface area contributed by atoms with Crippen LogP contribution >= 0.6 is 22.9 Å². The van der Waals surface area contributed by atoms with Gasteiger partial charge in [0.05, 0.1) is 21.4 Å². The number of halogens is 1. The molecule has 0 aliphatic carbocycles. The lowest BCUT2D eigenvalue weighted by Gasteiger charge is -2.13. The smallest absolute Gasteiger partial charge is 0.0931 e. The third kappa shape index (κ3) is 2.23. The van der Waals surface area contributed by atoms with E-state index in [9.17, 15) is 0 Å². The van der Waals surface area contributed by atoms with E-state index < -0.39 is 0 Å². The Morgan fingerprint density at radius 3 is 2.75 bits per heavy atom. The number of H-pyrrole nitrogens is 1. The Hall–Kier alpha value is -1.00. The average Bonchev–Trinajstić information content (AvgIpc) is 2.79. The van der Waals surface area contributed by atoms with Crippen molar-refractivity contribution in [3.05, 3.63) is 32.7 Å². The van der Waals surface area contributed by atoms with Crippen LogP contribution in [0.2, 0.25) is 4.34 Å². The van der Waals surface area contributed by atoms with Crippen molar-refractivity contribution in [2.75, 3.05) is 5.32 Å². The molecule has 3 nitrogen and oxygen atoms in total. The molecule has 2 rings (SSSR count). The molecule has 0 aromatic carbocycles. The number of aryl methyl sites for hydroxylation is 2. The minimum absolute atomic E-state index is 0.235. The number of nitrogens with one attached hydrogen (secondary N) is 2. The van der Waals surface area contributed by atoms with E-state index in [1.807, 2.05) is 19.9 Å². The zero-order chi connectivity index (χ0) is 11.7. The largest absolute Gasteiger partial charge is 0.376 e. The highest BCUT2D eigenvalue weighted by molar-refractivity contribution is 7.14. The quantitative estimate of drug-likeness (QED) is 0.873. The van der Waals surface area contributed by atoms with Gasteiger partial charge < -0.3 is 5.32 Å². The van der Waals surface area contributed by atoms with Gasteiger partial charge in [-0.15, -0.1) is 11.3 Å². The number of thiophene rings is 1. The fraction of sp³-hybridized carbons (Fsp3) is 0.364. The van der Waals surface area contributed by atoms with Crippen LogP contribution in [-0.4, -0.2) is 10.2 Å². The second kappa shape index (κ2) is 4.47. The molecule has 2 N–H and O–H groups in total. The van der Waals surface area contributed by atoms with E-state index in [-0.39, 0.29) is 6.04 Å². The van der Waals surface area contributed by atoms with Gasteiger partial charge in [-0.25, -0.2) is 0 Å². The maximum atomic E-state index is 5.92. The van der Waals surface area contributed by atoms with E-state index >= 15 is 0 Å². The van der Waals surface area contributed by atoms with E-state index in [0.717, 1.165) is 21.4 Å². The van der Waals surface area contributed by atoms with Gasteiger partial charge in [0.1, 0.15) is 0 Å². The van der Waals surface area contributed by atoms with Crippen LogP contribution < -0.4 is 5.32 Å². The minimum atomic E-state index is 0.235. The molecule has 5 heteroatoms. The van der Waals surface area contributed by atoms with Gasteiger partial charge in [0.2, 0.25) is 0 Å². The normalized spacial score (nSPS) is 12.8. The molecular weight excluding hydrogens is 242 g/mol. The first-order chi connectivity index (χ1) is 7.58. The lowest BCUT2D eigenvalue weighted by molar-refractivity contribution is 0.886. The molecule has 0 saturated heterocycles. The molecule has 0 saturated carbocycles. The molecule has 2 aromatic rings. The highest BCUT2D eigenvalue weighted by Crippen LogP contribution is 2.28. The molecule has 2 aromatic heterocycles. The standard InChI is InChI=1S/C11H14ClN3S/c1-6(9-4-10(12)16-5-9)13-11-7(2)14-15-8(11)3/h4-6,13H,1-3H3,(H,14,15). The molecule has 2 heterocycles. The van der Waals surface area contributed by atoms with E-state index in [0.29, 0.717) is 0 Å². The summed E-state index contributed by atoms with van der Waals surface area (Å²) < 4.78 is 0.823. The van der Waals surface area contributed by atoms with Crippen LogP contribution in [0.5, 0.6) is 0 Å². The maximum absolute atomic E-state index is 5.92. The summed E-state index contributed by atoms with van der Waals surface area (Å²) in [6, 6.07) is 2.23. The van der Waals surface area contributed by atoms with Crippen molar-refractivity contribution in [1.82, 2.24) is 10.2 Å². The summed E-state index contributed by atoms with van der Waals surface area (Å²) in [5, 5.41) is 12.6. The van der Waals surface area contributed by atoms with Crippen LogP contribution in [0.3, 0.4) is 0 Å². The number of rotatable bonds is 3. The fourth-order valence-corrected chi connectivity index (χ4v) is 2.60. The zero-order valence-electron chi connectivity index (χ0n) is 9.47. The van der Waals surface area contributed by atoms with E-state index in [4.69, 9.17) is 11.6 Å². The van der Waals surface area contributed by atoms with Gasteiger partial charge in [0.25, 0.3) is 0 Å². The van der Waals surface area contributed by atoms with Crippen molar-refractivity contribution >= 4 is 28.6 Å². The third-order valence-electron chi connectivity index (χ3n) is 2.58. The first-order valence-electron chi connectivity index (χ1n) is 5.10. The van der Waals surface area contributed by atoms with Gasteiger partial charge in [-0.05, 0) is 37.8 Å². The van der Waals surface area contributed by atoms with Crippen molar-refractivity contribution in [1.29, 1.82) is 0 Å². The molecule has 0 aliphatic rings. The second-order valence-electron chi connectivity index (χ2n) is 3.86. The number of nitrogens with zero attached hydrogens (tertiary/aromatic N) is 1. The minimum Gasteiger partial charge on any atom is -0.376 e. The van der Waals surface area contributed by atoms with Gasteiger partial charge >= 0.3 is 0 Å². The number of hydrogen-bond acceptors (Lipinski definition) is 3. The summed E-state index contributed by atoms with van der Waals surface area (Å²) in [7, 11) is 0. The maximum Gasteiger partial charge on any atom is 0.0931 e. The van der Waals surface area contributed by atoms with Crippen LogP contribution in [0.25, 0.3) is 0 Å². The highest BCUT2D eigenvalue weighted by atomic mass is 35.5. The molecule has 0 spiro atoms. The van der Waals surface area contributed by atoms with Gasteiger partial charge in [-0.3, -0.25) is 5.10 Å². The summed E-state index contributed by atoms with van der Waals surface area (Å²) in [6.07, 6.45) is 0. The second-order valence-corrected chi connectivity index (χ2v) is 5.40. The van der Waals surface area contributed by atoms with Crippen LogP contribution in [0, 0.1) is 13.8 Å². The molecular formula is C11H14ClN3S. The predicted octanol–water partition coefficient (Wildman–Crippen LogP) is 3.91. The third-order valence-corrected chi connectivity index (χ3v) is 3.69. The average molecular weight is 256 g/mol. The summed E-state index contributed by atoms with van der Waals surface area (Å²) >= 11 is 7.48. The molecule has 0 fully saturated rings. The number of aromatic amines is 1. The molecule has 86 valence electrons. The van der Waals surface area contributed by atoms with Crippen molar-refractivity contribution in [2.45, 2.75) is 26.8 Å². The number of hydrogen-bond donors (Lipinski definition) is 2. The van der Waals surface area contributed by atoms with Crippen molar-refractivity contribution in [2.24, 2.45) is 0 Å². The van der Waals surface area contributed by atoms with Crippen LogP contribution in [-0.2, 0) is 0 Å². The van der Waals surface area contributed by atoms with E-state index in [1.165, 1.54) is 5.56 Å².